The molecule has 13 heavy (non-hydrogen) atoms. The van der Waals surface area contributed by atoms with Crippen LogP contribution >= 0.6 is 11.6 Å². The van der Waals surface area contributed by atoms with Crippen molar-refractivity contribution in [2.24, 2.45) is 0 Å². The number of unbranched alkanes of at least 4 members (excludes halogenated alkanes) is 2. The van der Waals surface area contributed by atoms with E-state index >= 15 is 0 Å². The van der Waals surface area contributed by atoms with Crippen molar-refractivity contribution < 1.29 is 4.39 Å². The first-order valence-electron chi connectivity index (χ1n) is 4.49. The molecular weight excluding hydrogens is 187 g/mol. The van der Waals surface area contributed by atoms with Gasteiger partial charge in [0.05, 0.1) is 0 Å². The molecular formula is C11H13ClF. The Hall–Kier alpha value is -0.560. The fourth-order valence-electron chi connectivity index (χ4n) is 1.15. The Kier molecular flexibility index (Phi) is 4.23. The van der Waals surface area contributed by atoms with Crippen LogP contribution in [0.15, 0.2) is 18.2 Å². The first kappa shape index (κ1) is 10.5. The van der Waals surface area contributed by atoms with E-state index in [-0.39, 0.29) is 5.82 Å². The van der Waals surface area contributed by atoms with Gasteiger partial charge in [0, 0.05) is 5.02 Å². The second kappa shape index (κ2) is 5.23. The van der Waals surface area contributed by atoms with Gasteiger partial charge in [-0.3, -0.25) is 0 Å². The lowest BCUT2D eigenvalue weighted by molar-refractivity contribution is 0.627. The predicted octanol–water partition coefficient (Wildman–Crippen LogP) is 4.03. The van der Waals surface area contributed by atoms with E-state index < -0.39 is 0 Å². The quantitative estimate of drug-likeness (QED) is 0.643. The van der Waals surface area contributed by atoms with Crippen molar-refractivity contribution in [1.82, 2.24) is 0 Å². The lowest BCUT2D eigenvalue weighted by Gasteiger charge is -2.02. The molecule has 0 nitrogen and oxygen atoms in total. The van der Waals surface area contributed by atoms with Gasteiger partial charge in [0.1, 0.15) is 5.82 Å². The average Bonchev–Trinajstić information content (AvgIpc) is 2.09. The molecule has 0 aliphatic rings. The van der Waals surface area contributed by atoms with Gasteiger partial charge in [-0.2, -0.15) is 0 Å². The Morgan fingerprint density at radius 2 is 2.23 bits per heavy atom. The third-order valence-corrected chi connectivity index (χ3v) is 2.22. The van der Waals surface area contributed by atoms with E-state index in [9.17, 15) is 4.39 Å². The number of hydrogen-bond donors (Lipinski definition) is 0. The van der Waals surface area contributed by atoms with Crippen LogP contribution in [0.5, 0.6) is 0 Å². The lowest BCUT2D eigenvalue weighted by atomic mass is 10.1. The molecule has 0 fully saturated rings. The largest absolute Gasteiger partial charge is 0.207 e. The van der Waals surface area contributed by atoms with Crippen LogP contribution in [0.4, 0.5) is 4.39 Å². The van der Waals surface area contributed by atoms with E-state index in [0.717, 1.165) is 24.8 Å². The summed E-state index contributed by atoms with van der Waals surface area (Å²) in [4.78, 5) is 0. The Bertz CT molecular complexity index is 271. The SMILES string of the molecule is CCC[CH]Cc1ccc(F)cc1Cl. The highest BCUT2D eigenvalue weighted by molar-refractivity contribution is 6.31. The zero-order valence-corrected chi connectivity index (χ0v) is 8.44. The van der Waals surface area contributed by atoms with Gasteiger partial charge >= 0.3 is 0 Å². The molecule has 0 bridgehead atoms. The standard InChI is InChI=1S/C11H13ClF/c1-2-3-4-5-9-6-7-10(13)8-11(9)12/h4,6-8H,2-3,5H2,1H3. The van der Waals surface area contributed by atoms with Crippen LogP contribution in [0.25, 0.3) is 0 Å². The monoisotopic (exact) mass is 199 g/mol. The van der Waals surface area contributed by atoms with E-state index in [4.69, 9.17) is 11.6 Å². The Morgan fingerprint density at radius 1 is 1.46 bits per heavy atom. The predicted molar refractivity (Wildman–Crippen MR) is 54.3 cm³/mol. The Morgan fingerprint density at radius 3 is 2.85 bits per heavy atom. The first-order valence-corrected chi connectivity index (χ1v) is 4.87. The lowest BCUT2D eigenvalue weighted by Crippen LogP contribution is -1.88. The van der Waals surface area contributed by atoms with Gasteiger partial charge in [0.15, 0.2) is 0 Å². The van der Waals surface area contributed by atoms with E-state index in [1.807, 2.05) is 0 Å². The molecule has 0 amide bonds. The van der Waals surface area contributed by atoms with Gasteiger partial charge in [-0.25, -0.2) is 4.39 Å². The third kappa shape index (κ3) is 3.35. The summed E-state index contributed by atoms with van der Waals surface area (Å²) in [6.07, 6.45) is 5.21. The van der Waals surface area contributed by atoms with Crippen molar-refractivity contribution in [2.45, 2.75) is 26.2 Å². The molecule has 1 radical (unpaired) electrons. The molecule has 0 heterocycles. The highest BCUT2D eigenvalue weighted by atomic mass is 35.5. The van der Waals surface area contributed by atoms with Gasteiger partial charge in [0.2, 0.25) is 0 Å². The summed E-state index contributed by atoms with van der Waals surface area (Å²) in [6.45, 7) is 2.13. The Balaban J connectivity index is 2.56. The smallest absolute Gasteiger partial charge is 0.124 e. The molecule has 0 saturated heterocycles. The van der Waals surface area contributed by atoms with Crippen molar-refractivity contribution in [3.8, 4) is 0 Å². The van der Waals surface area contributed by atoms with Gasteiger partial charge in [-0.1, -0.05) is 37.4 Å². The summed E-state index contributed by atoms with van der Waals surface area (Å²) in [7, 11) is 0. The van der Waals surface area contributed by atoms with Crippen molar-refractivity contribution in [1.29, 1.82) is 0 Å². The maximum Gasteiger partial charge on any atom is 0.124 e. The van der Waals surface area contributed by atoms with Crippen molar-refractivity contribution in [3.05, 3.63) is 41.0 Å². The van der Waals surface area contributed by atoms with Crippen LogP contribution in [-0.2, 0) is 6.42 Å². The van der Waals surface area contributed by atoms with Gasteiger partial charge < -0.3 is 0 Å². The normalized spacial score (nSPS) is 10.4. The molecule has 1 rings (SSSR count). The van der Waals surface area contributed by atoms with Crippen LogP contribution in [-0.4, -0.2) is 0 Å². The van der Waals surface area contributed by atoms with Crippen molar-refractivity contribution in [2.75, 3.05) is 0 Å². The highest BCUT2D eigenvalue weighted by Gasteiger charge is 2.00. The number of rotatable bonds is 4. The van der Waals surface area contributed by atoms with Gasteiger partial charge in [0.25, 0.3) is 0 Å². The summed E-state index contributed by atoms with van der Waals surface area (Å²) < 4.78 is 12.6. The van der Waals surface area contributed by atoms with Crippen LogP contribution in [0.2, 0.25) is 5.02 Å². The topological polar surface area (TPSA) is 0 Å². The number of halogens is 2. The van der Waals surface area contributed by atoms with Crippen molar-refractivity contribution >= 4 is 11.6 Å². The summed E-state index contributed by atoms with van der Waals surface area (Å²) in [5.74, 6) is -0.274. The molecule has 71 valence electrons. The maximum absolute atomic E-state index is 12.6. The molecule has 0 aliphatic heterocycles. The molecule has 0 aliphatic carbocycles. The fourth-order valence-corrected chi connectivity index (χ4v) is 1.39. The molecule has 1 aromatic carbocycles. The fraction of sp³-hybridized carbons (Fsp3) is 0.364. The number of hydrogen-bond acceptors (Lipinski definition) is 0. The number of benzene rings is 1. The van der Waals surface area contributed by atoms with Crippen LogP contribution < -0.4 is 0 Å². The second-order valence-electron chi connectivity index (χ2n) is 3.02. The first-order chi connectivity index (χ1) is 6.24. The van der Waals surface area contributed by atoms with E-state index in [2.05, 4.69) is 13.3 Å². The minimum Gasteiger partial charge on any atom is -0.207 e. The molecule has 0 atom stereocenters. The minimum atomic E-state index is -0.274. The van der Waals surface area contributed by atoms with Crippen LogP contribution in [0.1, 0.15) is 25.3 Å². The molecule has 0 unspecified atom stereocenters. The summed E-state index contributed by atoms with van der Waals surface area (Å²) in [6, 6.07) is 4.54. The van der Waals surface area contributed by atoms with Gasteiger partial charge in [-0.05, 0) is 30.5 Å². The Labute approximate surface area is 83.7 Å². The third-order valence-electron chi connectivity index (χ3n) is 1.87. The highest BCUT2D eigenvalue weighted by Crippen LogP contribution is 2.18. The summed E-state index contributed by atoms with van der Waals surface area (Å²) >= 11 is 5.85. The van der Waals surface area contributed by atoms with Gasteiger partial charge in [-0.15, -0.1) is 0 Å². The van der Waals surface area contributed by atoms with Crippen LogP contribution in [0, 0.1) is 12.2 Å². The molecule has 0 spiro atoms. The molecule has 0 N–H and O–H groups in total. The second-order valence-corrected chi connectivity index (χ2v) is 3.42. The zero-order chi connectivity index (χ0) is 9.68. The summed E-state index contributed by atoms with van der Waals surface area (Å²) in [5, 5.41) is 0.521. The zero-order valence-electron chi connectivity index (χ0n) is 7.69. The van der Waals surface area contributed by atoms with E-state index in [0.29, 0.717) is 5.02 Å². The van der Waals surface area contributed by atoms with Crippen LogP contribution in [0.3, 0.4) is 0 Å². The molecule has 2 heteroatoms. The molecule has 0 aromatic heterocycles. The molecule has 0 saturated carbocycles. The van der Waals surface area contributed by atoms with E-state index in [1.165, 1.54) is 12.1 Å². The maximum atomic E-state index is 12.6. The summed E-state index contributed by atoms with van der Waals surface area (Å²) in [5.41, 5.74) is 0.997. The average molecular weight is 200 g/mol. The molecule has 1 aromatic rings. The van der Waals surface area contributed by atoms with E-state index in [1.54, 1.807) is 6.07 Å². The minimum absolute atomic E-state index is 0.274. The van der Waals surface area contributed by atoms with Crippen molar-refractivity contribution in [3.63, 3.8) is 0 Å².